The van der Waals surface area contributed by atoms with E-state index in [9.17, 15) is 26.3 Å². The van der Waals surface area contributed by atoms with Crippen molar-refractivity contribution in [3.63, 3.8) is 0 Å². The summed E-state index contributed by atoms with van der Waals surface area (Å²) in [4.78, 5) is 0. The molecule has 0 bridgehead atoms. The molecule has 1 rings (SSSR count). The maximum atomic E-state index is 12.4. The first-order chi connectivity index (χ1) is 8.63. The summed E-state index contributed by atoms with van der Waals surface area (Å²) >= 11 is 0. The Bertz CT molecular complexity index is 414. The van der Waals surface area contributed by atoms with Crippen LogP contribution in [0.1, 0.15) is 17.2 Å². The number of aliphatic hydroxyl groups is 1. The molecule has 1 aromatic carbocycles. The summed E-state index contributed by atoms with van der Waals surface area (Å²) in [5.74, 6) is 0. The first kappa shape index (κ1) is 15.8. The van der Waals surface area contributed by atoms with Crippen molar-refractivity contribution in [2.24, 2.45) is 0 Å². The van der Waals surface area contributed by atoms with Gasteiger partial charge in [0.15, 0.2) is 0 Å². The molecule has 0 saturated heterocycles. The molecule has 0 aliphatic heterocycles. The molecule has 0 spiro atoms. The third kappa shape index (κ3) is 5.07. The average Bonchev–Trinajstić information content (AvgIpc) is 2.27. The molecule has 1 unspecified atom stereocenters. The van der Waals surface area contributed by atoms with E-state index in [1.54, 1.807) is 0 Å². The molecular weight excluding hydrogens is 276 g/mol. The lowest BCUT2D eigenvalue weighted by molar-refractivity contribution is -0.137. The van der Waals surface area contributed by atoms with Gasteiger partial charge in [0.05, 0.1) is 24.8 Å². The van der Waals surface area contributed by atoms with E-state index in [2.05, 4.69) is 0 Å². The van der Waals surface area contributed by atoms with Gasteiger partial charge >= 0.3 is 12.4 Å². The largest absolute Gasteiger partial charge is 0.416 e. The van der Waals surface area contributed by atoms with Crippen LogP contribution < -0.4 is 5.32 Å². The van der Waals surface area contributed by atoms with Crippen LogP contribution in [-0.4, -0.2) is 24.4 Å². The zero-order valence-electron chi connectivity index (χ0n) is 9.52. The molecule has 1 aromatic rings. The second-order valence-electron chi connectivity index (χ2n) is 3.85. The highest BCUT2D eigenvalue weighted by molar-refractivity contribution is 5.28. The summed E-state index contributed by atoms with van der Waals surface area (Å²) in [6.07, 6.45) is -9.09. The van der Waals surface area contributed by atoms with Crippen molar-refractivity contribution in [3.8, 4) is 0 Å². The zero-order valence-corrected chi connectivity index (χ0v) is 9.52. The molecular formula is C11H11F6NO. The quantitative estimate of drug-likeness (QED) is 0.835. The van der Waals surface area contributed by atoms with Gasteiger partial charge in [-0.25, -0.2) is 0 Å². The second-order valence-corrected chi connectivity index (χ2v) is 3.85. The van der Waals surface area contributed by atoms with Crippen molar-refractivity contribution in [2.75, 3.05) is 13.2 Å². The lowest BCUT2D eigenvalue weighted by Crippen LogP contribution is -2.33. The van der Waals surface area contributed by atoms with E-state index in [-0.39, 0.29) is 5.56 Å². The van der Waals surface area contributed by atoms with Crippen molar-refractivity contribution in [2.45, 2.75) is 18.4 Å². The van der Waals surface area contributed by atoms with Crippen molar-refractivity contribution < 1.29 is 31.4 Å². The van der Waals surface area contributed by atoms with Crippen LogP contribution in [0.4, 0.5) is 26.3 Å². The number of halogens is 6. The summed E-state index contributed by atoms with van der Waals surface area (Å²) < 4.78 is 73.4. The van der Waals surface area contributed by atoms with Crippen LogP contribution in [0.25, 0.3) is 0 Å². The van der Waals surface area contributed by atoms with E-state index in [4.69, 9.17) is 5.11 Å². The number of alkyl halides is 6. The van der Waals surface area contributed by atoms with Crippen molar-refractivity contribution in [3.05, 3.63) is 35.4 Å². The van der Waals surface area contributed by atoms with Crippen LogP contribution in [0.15, 0.2) is 24.3 Å². The zero-order chi connectivity index (χ0) is 14.7. The van der Waals surface area contributed by atoms with Gasteiger partial charge in [0.1, 0.15) is 0 Å². The molecule has 108 valence electrons. The average molecular weight is 287 g/mol. The Morgan fingerprint density at radius 3 is 2.21 bits per heavy atom. The van der Waals surface area contributed by atoms with Gasteiger partial charge in [-0.2, -0.15) is 26.3 Å². The summed E-state index contributed by atoms with van der Waals surface area (Å²) in [7, 11) is 0. The topological polar surface area (TPSA) is 32.3 Å². The number of rotatable bonds is 4. The summed E-state index contributed by atoms with van der Waals surface area (Å²) in [5, 5.41) is 10.9. The van der Waals surface area contributed by atoms with Crippen molar-refractivity contribution >= 4 is 0 Å². The Hall–Kier alpha value is -1.28. The Balaban J connectivity index is 2.87. The number of benzene rings is 1. The van der Waals surface area contributed by atoms with Crippen LogP contribution >= 0.6 is 0 Å². The summed E-state index contributed by atoms with van der Waals surface area (Å²) in [6, 6.07) is 2.62. The van der Waals surface area contributed by atoms with Crippen LogP contribution in [0, 0.1) is 0 Å². The Morgan fingerprint density at radius 2 is 1.74 bits per heavy atom. The minimum atomic E-state index is -4.58. The number of hydrogen-bond acceptors (Lipinski definition) is 2. The van der Waals surface area contributed by atoms with Crippen LogP contribution in [-0.2, 0) is 6.18 Å². The molecule has 0 fully saturated rings. The molecule has 0 aliphatic carbocycles. The van der Waals surface area contributed by atoms with E-state index >= 15 is 0 Å². The van der Waals surface area contributed by atoms with Crippen LogP contribution in [0.5, 0.6) is 0 Å². The number of hydrogen-bond donors (Lipinski definition) is 2. The smallest absolute Gasteiger partial charge is 0.394 e. The molecule has 0 radical (unpaired) electrons. The van der Waals surface area contributed by atoms with Crippen LogP contribution in [0.3, 0.4) is 0 Å². The van der Waals surface area contributed by atoms with Gasteiger partial charge < -0.3 is 5.11 Å². The van der Waals surface area contributed by atoms with Gasteiger partial charge in [0.2, 0.25) is 0 Å². The number of aliphatic hydroxyl groups excluding tert-OH is 1. The third-order valence-electron chi connectivity index (χ3n) is 2.35. The maximum Gasteiger partial charge on any atom is 0.416 e. The van der Waals surface area contributed by atoms with Gasteiger partial charge in [-0.3, -0.25) is 5.32 Å². The molecule has 0 aliphatic rings. The molecule has 0 aromatic heterocycles. The highest BCUT2D eigenvalue weighted by Gasteiger charge is 2.32. The maximum absolute atomic E-state index is 12.4. The molecule has 0 saturated carbocycles. The minimum absolute atomic E-state index is 0.0541. The van der Waals surface area contributed by atoms with E-state index in [1.165, 1.54) is 6.07 Å². The summed E-state index contributed by atoms with van der Waals surface area (Å²) in [5.41, 5.74) is -1.03. The van der Waals surface area contributed by atoms with Gasteiger partial charge in [-0.15, -0.1) is 0 Å². The lowest BCUT2D eigenvalue weighted by Gasteiger charge is -2.19. The van der Waals surface area contributed by atoms with E-state index < -0.39 is 37.1 Å². The number of nitrogens with one attached hydrogen (secondary N) is 1. The highest BCUT2D eigenvalue weighted by atomic mass is 19.4. The Kier molecular flexibility index (Phi) is 4.81. The predicted molar refractivity (Wildman–Crippen MR) is 55.3 cm³/mol. The molecule has 2 N–H and O–H groups in total. The molecule has 8 heteroatoms. The third-order valence-corrected chi connectivity index (χ3v) is 2.35. The summed E-state index contributed by atoms with van der Waals surface area (Å²) in [6.45, 7) is -2.13. The SMILES string of the molecule is OCC(NCC(F)(F)F)c1cccc(C(F)(F)F)c1. The fourth-order valence-corrected chi connectivity index (χ4v) is 1.46. The molecule has 2 nitrogen and oxygen atoms in total. The Morgan fingerprint density at radius 1 is 1.11 bits per heavy atom. The van der Waals surface area contributed by atoms with Crippen molar-refractivity contribution in [1.82, 2.24) is 5.32 Å². The minimum Gasteiger partial charge on any atom is -0.394 e. The molecule has 19 heavy (non-hydrogen) atoms. The van der Waals surface area contributed by atoms with E-state index in [1.807, 2.05) is 5.32 Å². The molecule has 0 heterocycles. The van der Waals surface area contributed by atoms with Gasteiger partial charge in [-0.1, -0.05) is 12.1 Å². The second kappa shape index (κ2) is 5.79. The lowest BCUT2D eigenvalue weighted by atomic mass is 10.0. The van der Waals surface area contributed by atoms with Gasteiger partial charge in [0, 0.05) is 0 Å². The first-order valence-electron chi connectivity index (χ1n) is 5.21. The normalized spacial score (nSPS) is 14.5. The van der Waals surface area contributed by atoms with Crippen molar-refractivity contribution in [1.29, 1.82) is 0 Å². The fraction of sp³-hybridized carbons (Fsp3) is 0.455. The molecule has 1 atom stereocenters. The van der Waals surface area contributed by atoms with E-state index in [0.717, 1.165) is 12.1 Å². The van der Waals surface area contributed by atoms with Crippen LogP contribution in [0.2, 0.25) is 0 Å². The van der Waals surface area contributed by atoms with Gasteiger partial charge in [-0.05, 0) is 17.7 Å². The first-order valence-corrected chi connectivity index (χ1v) is 5.21. The standard InChI is InChI=1S/C11H11F6NO/c12-10(13,14)6-18-9(5-19)7-2-1-3-8(4-7)11(15,16)17/h1-4,9,18-19H,5-6H2. The van der Waals surface area contributed by atoms with E-state index in [0.29, 0.717) is 6.07 Å². The molecule has 0 amide bonds. The fourth-order valence-electron chi connectivity index (χ4n) is 1.46. The highest BCUT2D eigenvalue weighted by Crippen LogP contribution is 2.30. The predicted octanol–water partition coefficient (Wildman–Crippen LogP) is 2.89. The monoisotopic (exact) mass is 287 g/mol. The Labute approximate surface area is 105 Å². The van der Waals surface area contributed by atoms with Gasteiger partial charge in [0.25, 0.3) is 0 Å².